The number of carbonyl (C=O) groups is 8. The molecule has 10 atom stereocenters. The van der Waals surface area contributed by atoms with E-state index < -0.39 is 101 Å². The molecule has 0 aromatic heterocycles. The summed E-state index contributed by atoms with van der Waals surface area (Å²) < 4.78 is 0. The van der Waals surface area contributed by atoms with Crippen molar-refractivity contribution in [3.63, 3.8) is 0 Å². The van der Waals surface area contributed by atoms with Crippen LogP contribution in [0.2, 0.25) is 0 Å². The van der Waals surface area contributed by atoms with E-state index in [4.69, 9.17) is 0 Å². The summed E-state index contributed by atoms with van der Waals surface area (Å²) in [6.45, 7) is 18.6. The predicted molar refractivity (Wildman–Crippen MR) is 325 cm³/mol. The van der Waals surface area contributed by atoms with E-state index in [-0.39, 0.29) is 61.1 Å². The Morgan fingerprint density at radius 3 is 1.24 bits per heavy atom. The summed E-state index contributed by atoms with van der Waals surface area (Å²) in [6.07, 6.45) is 0.109. The molecule has 2 aliphatic heterocycles. The Balaban J connectivity index is 1.10. The number of ketones is 1. The SMILES string of the molecule is CN[C@@H](C)C(=O)C[C@H](C(=O)N1C[C@@H](NC(=O)c2ccc(C(=O)N[C@H]3C[C@@H](C(=O)N[C@H](c4ccccc4)c4ccc(C)cc4)N(C(=O)[C@@H](NC(=O)[C@H](C)NC)C(C)(C)C)C3)cc2)C[C@H]1C(=O)N[C@H](c1ccccc1)c1ccc(C)cc1)C(C)(C)C. The minimum Gasteiger partial charge on any atom is -0.347 e. The fourth-order valence-corrected chi connectivity index (χ4v) is 10.9. The number of hydrogen-bond donors (Lipinski definition) is 7. The highest BCUT2D eigenvalue weighted by molar-refractivity contribution is 5.99. The van der Waals surface area contributed by atoms with Crippen molar-refractivity contribution >= 4 is 47.1 Å². The molecule has 446 valence electrons. The molecule has 7 rings (SSSR count). The van der Waals surface area contributed by atoms with Crippen molar-refractivity contribution in [3.8, 4) is 0 Å². The number of nitrogens with zero attached hydrogens (tertiary/aromatic N) is 2. The topological polar surface area (TPSA) is 227 Å². The van der Waals surface area contributed by atoms with Gasteiger partial charge in [0.15, 0.2) is 0 Å². The molecule has 84 heavy (non-hydrogen) atoms. The molecule has 17 heteroatoms. The Morgan fingerprint density at radius 2 is 0.869 bits per heavy atom. The molecule has 5 aromatic carbocycles. The Bertz CT molecular complexity index is 2910. The van der Waals surface area contributed by atoms with Gasteiger partial charge in [0.1, 0.15) is 23.9 Å². The maximum absolute atomic E-state index is 14.9. The summed E-state index contributed by atoms with van der Waals surface area (Å²) in [5.74, 6) is -3.97. The van der Waals surface area contributed by atoms with Crippen LogP contribution in [-0.2, 0) is 28.8 Å². The second-order valence-corrected chi connectivity index (χ2v) is 24.8. The highest BCUT2D eigenvalue weighted by Crippen LogP contribution is 2.35. The first-order valence-corrected chi connectivity index (χ1v) is 29.1. The molecule has 5 aromatic rings. The summed E-state index contributed by atoms with van der Waals surface area (Å²) in [4.78, 5) is 117. The van der Waals surface area contributed by atoms with Crippen LogP contribution in [0.15, 0.2) is 133 Å². The molecule has 7 N–H and O–H groups in total. The van der Waals surface area contributed by atoms with Crippen molar-refractivity contribution < 1.29 is 38.4 Å². The van der Waals surface area contributed by atoms with Crippen LogP contribution in [0.4, 0.5) is 0 Å². The van der Waals surface area contributed by atoms with Gasteiger partial charge in [-0.2, -0.15) is 0 Å². The van der Waals surface area contributed by atoms with Crippen molar-refractivity contribution in [2.45, 2.75) is 143 Å². The molecule has 7 amide bonds. The molecule has 2 aliphatic rings. The lowest BCUT2D eigenvalue weighted by Gasteiger charge is -2.36. The van der Waals surface area contributed by atoms with Gasteiger partial charge in [-0.3, -0.25) is 38.4 Å². The van der Waals surface area contributed by atoms with Gasteiger partial charge in [-0.15, -0.1) is 0 Å². The van der Waals surface area contributed by atoms with Crippen molar-refractivity contribution in [3.05, 3.63) is 178 Å². The standard InChI is InChI=1S/C67H85N9O8/c1-40-23-27-46(28-24-40)56(44-19-15-13-16-20-44)72-62(81)53-35-50(38-75(53)64(83)52(66(5,6)7)37-55(77)42(3)68-11)70-60(79)48-31-33-49(34-32-48)61(80)71-51-36-54(76(39-51)65(84)58(67(8,9)10)74-59(78)43(4)69-12)63(82)73-57(45-21-17-14-18-22-45)47-29-25-41(2)26-30-47/h13-34,42-43,50-54,56-58,68-69H,35-39H2,1-12H3,(H,70,79)(H,71,80)(H,72,81)(H,73,82)(H,74,78)/t42-,43-,50-,51-,52+,53-,54-,56+,57+,58+/m0/s1. The second kappa shape index (κ2) is 27.6. The zero-order chi connectivity index (χ0) is 61.2. The quantitative estimate of drug-likeness (QED) is 0.0403. The molecule has 0 bridgehead atoms. The zero-order valence-electron chi connectivity index (χ0n) is 50.7. The maximum Gasteiger partial charge on any atom is 0.251 e. The predicted octanol–water partition coefficient (Wildman–Crippen LogP) is 6.88. The van der Waals surface area contributed by atoms with Crippen LogP contribution in [0, 0.1) is 30.6 Å². The van der Waals surface area contributed by atoms with E-state index in [1.54, 1.807) is 27.9 Å². The van der Waals surface area contributed by atoms with Crippen LogP contribution >= 0.6 is 0 Å². The number of carbonyl (C=O) groups excluding carboxylic acids is 8. The van der Waals surface area contributed by atoms with Gasteiger partial charge in [-0.25, -0.2) is 0 Å². The highest BCUT2D eigenvalue weighted by Gasteiger charge is 2.48. The number of likely N-dealkylation sites (tertiary alicyclic amines) is 2. The lowest BCUT2D eigenvalue weighted by atomic mass is 9.76. The zero-order valence-corrected chi connectivity index (χ0v) is 50.7. The molecule has 17 nitrogen and oxygen atoms in total. The smallest absolute Gasteiger partial charge is 0.251 e. The summed E-state index contributed by atoms with van der Waals surface area (Å²) in [7, 11) is 3.34. The average Bonchev–Trinajstić information content (AvgIpc) is 2.97. The molecular weight excluding hydrogens is 1060 g/mol. The lowest BCUT2D eigenvalue weighted by Crippen LogP contribution is -2.59. The van der Waals surface area contributed by atoms with Crippen LogP contribution in [0.25, 0.3) is 0 Å². The van der Waals surface area contributed by atoms with Crippen LogP contribution in [0.3, 0.4) is 0 Å². The summed E-state index contributed by atoms with van der Waals surface area (Å²) in [6, 6.07) is 34.2. The summed E-state index contributed by atoms with van der Waals surface area (Å²) in [5.41, 5.74) is 4.47. The summed E-state index contributed by atoms with van der Waals surface area (Å²) >= 11 is 0. The molecule has 2 saturated heterocycles. The van der Waals surface area contributed by atoms with Crippen LogP contribution < -0.4 is 37.2 Å². The normalized spacial score (nSPS) is 19.2. The number of aryl methyl sites for hydroxylation is 2. The molecule has 0 unspecified atom stereocenters. The number of hydrogen-bond acceptors (Lipinski definition) is 10. The Hall–Kier alpha value is -8.02. The van der Waals surface area contributed by atoms with E-state index in [9.17, 15) is 38.4 Å². The Kier molecular flexibility index (Phi) is 20.9. The van der Waals surface area contributed by atoms with E-state index in [1.165, 1.54) is 34.1 Å². The minimum atomic E-state index is -1.04. The maximum atomic E-state index is 14.9. The van der Waals surface area contributed by atoms with Gasteiger partial charge in [-0.05, 0) is 112 Å². The first-order valence-electron chi connectivity index (χ1n) is 29.1. The third-order valence-corrected chi connectivity index (χ3v) is 16.4. The van der Waals surface area contributed by atoms with Crippen molar-refractivity contribution in [1.82, 2.24) is 47.0 Å². The number of likely N-dealkylation sites (N-methyl/N-ethyl adjacent to an activating group) is 2. The van der Waals surface area contributed by atoms with Crippen molar-refractivity contribution in [2.24, 2.45) is 16.7 Å². The van der Waals surface area contributed by atoms with Crippen molar-refractivity contribution in [1.29, 1.82) is 0 Å². The van der Waals surface area contributed by atoms with Gasteiger partial charge in [0.25, 0.3) is 11.8 Å². The monoisotopic (exact) mass is 1140 g/mol. The van der Waals surface area contributed by atoms with E-state index >= 15 is 0 Å². The molecule has 0 saturated carbocycles. The van der Waals surface area contributed by atoms with Gasteiger partial charge < -0.3 is 47.0 Å². The van der Waals surface area contributed by atoms with Gasteiger partial charge >= 0.3 is 0 Å². The number of benzene rings is 5. The average molecular weight is 1140 g/mol. The molecule has 0 radical (unpaired) electrons. The van der Waals surface area contributed by atoms with Gasteiger partial charge in [-0.1, -0.05) is 162 Å². The van der Waals surface area contributed by atoms with Crippen LogP contribution in [-0.4, -0.2) is 126 Å². The number of amides is 7. The van der Waals surface area contributed by atoms with E-state index in [0.29, 0.717) is 0 Å². The summed E-state index contributed by atoms with van der Waals surface area (Å²) in [5, 5.41) is 21.4. The third-order valence-electron chi connectivity index (χ3n) is 16.4. The lowest BCUT2D eigenvalue weighted by molar-refractivity contribution is -0.146. The van der Waals surface area contributed by atoms with Gasteiger partial charge in [0.05, 0.1) is 24.2 Å². The van der Waals surface area contributed by atoms with Gasteiger partial charge in [0, 0.05) is 48.6 Å². The van der Waals surface area contributed by atoms with Crippen LogP contribution in [0.5, 0.6) is 0 Å². The van der Waals surface area contributed by atoms with E-state index in [0.717, 1.165) is 33.4 Å². The fourth-order valence-electron chi connectivity index (χ4n) is 10.9. The fraction of sp³-hybridized carbons (Fsp3) is 0.433. The molecule has 2 fully saturated rings. The first kappa shape index (κ1) is 63.6. The van der Waals surface area contributed by atoms with E-state index in [2.05, 4.69) is 37.2 Å². The number of Topliss-reactive ketones (excluding diaryl/α,β-unsaturated/α-hetero) is 1. The first-order chi connectivity index (χ1) is 39.8. The molecule has 0 spiro atoms. The highest BCUT2D eigenvalue weighted by atomic mass is 16.2. The van der Waals surface area contributed by atoms with Gasteiger partial charge in [0.2, 0.25) is 29.5 Å². The Labute approximate surface area is 495 Å². The van der Waals surface area contributed by atoms with Crippen molar-refractivity contribution in [2.75, 3.05) is 27.2 Å². The number of rotatable bonds is 21. The third kappa shape index (κ3) is 15.8. The molecule has 2 heterocycles. The minimum absolute atomic E-state index is 0.00274. The second-order valence-electron chi connectivity index (χ2n) is 24.8. The Morgan fingerprint density at radius 1 is 0.488 bits per heavy atom. The number of nitrogens with one attached hydrogen (secondary N) is 7. The largest absolute Gasteiger partial charge is 0.347 e. The molecule has 0 aliphatic carbocycles. The van der Waals surface area contributed by atoms with Crippen LogP contribution in [0.1, 0.15) is 141 Å². The molecular formula is C67H85N9O8. The van der Waals surface area contributed by atoms with E-state index in [1.807, 2.05) is 165 Å².